The number of hydrogen-bond donors (Lipinski definition) is 1. The fourth-order valence-electron chi connectivity index (χ4n) is 2.47. The van der Waals surface area contributed by atoms with Crippen molar-refractivity contribution in [3.63, 3.8) is 0 Å². The maximum atomic E-state index is 12.1. The highest BCUT2D eigenvalue weighted by atomic mass is 32.2. The van der Waals surface area contributed by atoms with Gasteiger partial charge in [0.15, 0.2) is 0 Å². The molecular formula is C19H24N2O3S. The van der Waals surface area contributed by atoms with Crippen LogP contribution < -0.4 is 9.62 Å². The van der Waals surface area contributed by atoms with E-state index in [0.29, 0.717) is 17.2 Å². The summed E-state index contributed by atoms with van der Waals surface area (Å²) in [7, 11) is -3.43. The van der Waals surface area contributed by atoms with E-state index in [0.717, 1.165) is 5.56 Å². The molecule has 0 spiro atoms. The van der Waals surface area contributed by atoms with Gasteiger partial charge < -0.3 is 5.32 Å². The Morgan fingerprint density at radius 1 is 1.04 bits per heavy atom. The molecule has 0 fully saturated rings. The van der Waals surface area contributed by atoms with E-state index in [1.54, 1.807) is 36.4 Å². The van der Waals surface area contributed by atoms with E-state index in [4.69, 9.17) is 0 Å². The molecule has 0 bridgehead atoms. The molecular weight excluding hydrogens is 336 g/mol. The zero-order chi connectivity index (χ0) is 18.4. The molecule has 25 heavy (non-hydrogen) atoms. The predicted octanol–water partition coefficient (Wildman–Crippen LogP) is 3.01. The molecule has 134 valence electrons. The van der Waals surface area contributed by atoms with E-state index in [2.05, 4.69) is 19.2 Å². The summed E-state index contributed by atoms with van der Waals surface area (Å²) in [5.74, 6) is 0.162. The highest BCUT2D eigenvalue weighted by Gasteiger charge is 2.17. The summed E-state index contributed by atoms with van der Waals surface area (Å²) in [5.41, 5.74) is 2.30. The molecule has 1 amide bonds. The number of carbonyl (C=O) groups excluding carboxylic acids is 1. The number of anilines is 1. The average Bonchev–Trinajstić information content (AvgIpc) is 2.58. The summed E-state index contributed by atoms with van der Waals surface area (Å²) < 4.78 is 25.5. The standard InChI is InChI=1S/C19H24N2O3S/c1-15(2)16-9-11-18(12-10-16)21(25(3,23)24)14-13-20-19(22)17-7-5-4-6-8-17/h4-12,15H,13-14H2,1-3H3,(H,20,22). The molecule has 6 heteroatoms. The summed E-state index contributed by atoms with van der Waals surface area (Å²) >= 11 is 0. The number of amides is 1. The second-order valence-electron chi connectivity index (χ2n) is 6.20. The molecule has 0 radical (unpaired) electrons. The van der Waals surface area contributed by atoms with E-state index in [9.17, 15) is 13.2 Å². The molecule has 0 aliphatic heterocycles. The summed E-state index contributed by atoms with van der Waals surface area (Å²) in [6, 6.07) is 16.3. The third-order valence-corrected chi connectivity index (χ3v) is 5.08. The number of benzene rings is 2. The van der Waals surface area contributed by atoms with Gasteiger partial charge in [-0.1, -0.05) is 44.2 Å². The minimum atomic E-state index is -3.43. The first-order chi connectivity index (χ1) is 11.8. The van der Waals surface area contributed by atoms with Gasteiger partial charge in [0.1, 0.15) is 0 Å². The van der Waals surface area contributed by atoms with Gasteiger partial charge >= 0.3 is 0 Å². The Morgan fingerprint density at radius 2 is 1.64 bits per heavy atom. The molecule has 0 unspecified atom stereocenters. The van der Waals surface area contributed by atoms with Crippen molar-refractivity contribution in [2.75, 3.05) is 23.7 Å². The van der Waals surface area contributed by atoms with Crippen LogP contribution in [0.15, 0.2) is 54.6 Å². The molecule has 0 saturated heterocycles. The van der Waals surface area contributed by atoms with Gasteiger partial charge in [-0.3, -0.25) is 9.10 Å². The molecule has 0 heterocycles. The Morgan fingerprint density at radius 3 is 2.16 bits per heavy atom. The van der Waals surface area contributed by atoms with Crippen molar-refractivity contribution in [3.8, 4) is 0 Å². The number of carbonyl (C=O) groups is 1. The van der Waals surface area contributed by atoms with Crippen molar-refractivity contribution in [2.24, 2.45) is 0 Å². The molecule has 2 aromatic rings. The largest absolute Gasteiger partial charge is 0.350 e. The van der Waals surface area contributed by atoms with Crippen molar-refractivity contribution < 1.29 is 13.2 Å². The van der Waals surface area contributed by atoms with Crippen LogP contribution in [0.2, 0.25) is 0 Å². The van der Waals surface area contributed by atoms with Gasteiger partial charge in [0.05, 0.1) is 18.5 Å². The number of rotatable bonds is 7. The molecule has 0 saturated carbocycles. The molecule has 0 aliphatic carbocycles. The topological polar surface area (TPSA) is 66.5 Å². The first-order valence-corrected chi connectivity index (χ1v) is 10.0. The first kappa shape index (κ1) is 19.0. The SMILES string of the molecule is CC(C)c1ccc(N(CCNC(=O)c2ccccc2)S(C)(=O)=O)cc1. The lowest BCUT2D eigenvalue weighted by Gasteiger charge is -2.23. The van der Waals surface area contributed by atoms with Gasteiger partial charge in [-0.2, -0.15) is 0 Å². The van der Waals surface area contributed by atoms with Gasteiger partial charge in [0.25, 0.3) is 5.91 Å². The van der Waals surface area contributed by atoms with Crippen LogP contribution in [0.1, 0.15) is 35.7 Å². The zero-order valence-corrected chi connectivity index (χ0v) is 15.6. The third-order valence-electron chi connectivity index (χ3n) is 3.88. The van der Waals surface area contributed by atoms with Crippen LogP contribution in [0.25, 0.3) is 0 Å². The Labute approximate surface area is 149 Å². The van der Waals surface area contributed by atoms with Gasteiger partial charge in [-0.15, -0.1) is 0 Å². The Kier molecular flexibility index (Phi) is 6.20. The van der Waals surface area contributed by atoms with Crippen molar-refractivity contribution >= 4 is 21.6 Å². The second-order valence-corrected chi connectivity index (χ2v) is 8.11. The summed E-state index contributed by atoms with van der Waals surface area (Å²) in [6.45, 7) is 4.58. The lowest BCUT2D eigenvalue weighted by molar-refractivity contribution is 0.0955. The third kappa shape index (κ3) is 5.32. The normalized spacial score (nSPS) is 11.4. The van der Waals surface area contributed by atoms with Crippen LogP contribution in [0.4, 0.5) is 5.69 Å². The predicted molar refractivity (Wildman–Crippen MR) is 101 cm³/mol. The minimum absolute atomic E-state index is 0.179. The van der Waals surface area contributed by atoms with Gasteiger partial charge in [0.2, 0.25) is 10.0 Å². The number of nitrogens with one attached hydrogen (secondary N) is 1. The number of nitrogens with zero attached hydrogens (tertiary/aromatic N) is 1. The Hall–Kier alpha value is -2.34. The molecule has 0 atom stereocenters. The van der Waals surface area contributed by atoms with Crippen molar-refractivity contribution in [2.45, 2.75) is 19.8 Å². The second kappa shape index (κ2) is 8.16. The molecule has 0 aliphatic rings. The smallest absolute Gasteiger partial charge is 0.251 e. The van der Waals surface area contributed by atoms with E-state index >= 15 is 0 Å². The van der Waals surface area contributed by atoms with E-state index in [1.165, 1.54) is 10.6 Å². The van der Waals surface area contributed by atoms with Crippen LogP contribution in [0, 0.1) is 0 Å². The van der Waals surface area contributed by atoms with Gasteiger partial charge in [-0.25, -0.2) is 8.42 Å². The van der Waals surface area contributed by atoms with Crippen LogP contribution in [-0.4, -0.2) is 33.7 Å². The van der Waals surface area contributed by atoms with E-state index < -0.39 is 10.0 Å². The number of sulfonamides is 1. The van der Waals surface area contributed by atoms with Gasteiger partial charge in [0, 0.05) is 12.1 Å². The van der Waals surface area contributed by atoms with Crippen molar-refractivity contribution in [1.29, 1.82) is 0 Å². The van der Waals surface area contributed by atoms with Gasteiger partial charge in [-0.05, 0) is 35.7 Å². The minimum Gasteiger partial charge on any atom is -0.350 e. The van der Waals surface area contributed by atoms with E-state index in [1.807, 2.05) is 18.2 Å². The average molecular weight is 360 g/mol. The first-order valence-electron chi connectivity index (χ1n) is 8.20. The van der Waals surface area contributed by atoms with Crippen molar-refractivity contribution in [1.82, 2.24) is 5.32 Å². The fourth-order valence-corrected chi connectivity index (χ4v) is 3.40. The molecule has 0 aromatic heterocycles. The monoisotopic (exact) mass is 360 g/mol. The fraction of sp³-hybridized carbons (Fsp3) is 0.316. The van der Waals surface area contributed by atoms with Crippen LogP contribution in [0.3, 0.4) is 0 Å². The summed E-state index contributed by atoms with van der Waals surface area (Å²) in [5, 5.41) is 2.76. The molecule has 2 aromatic carbocycles. The summed E-state index contributed by atoms with van der Waals surface area (Å²) in [6.07, 6.45) is 1.17. The quantitative estimate of drug-likeness (QED) is 0.825. The van der Waals surface area contributed by atoms with Crippen molar-refractivity contribution in [3.05, 3.63) is 65.7 Å². The van der Waals surface area contributed by atoms with Crippen LogP contribution in [-0.2, 0) is 10.0 Å². The zero-order valence-electron chi connectivity index (χ0n) is 14.8. The lowest BCUT2D eigenvalue weighted by Crippen LogP contribution is -2.38. The lowest BCUT2D eigenvalue weighted by atomic mass is 10.0. The Bertz CT molecular complexity index is 800. The maximum absolute atomic E-state index is 12.1. The number of hydrogen-bond acceptors (Lipinski definition) is 3. The molecule has 2 rings (SSSR count). The van der Waals surface area contributed by atoms with E-state index in [-0.39, 0.29) is 19.0 Å². The highest BCUT2D eigenvalue weighted by Crippen LogP contribution is 2.21. The molecule has 1 N–H and O–H groups in total. The summed E-state index contributed by atoms with van der Waals surface area (Å²) in [4.78, 5) is 12.1. The highest BCUT2D eigenvalue weighted by molar-refractivity contribution is 7.92. The molecule has 5 nitrogen and oxygen atoms in total. The Balaban J connectivity index is 2.05. The maximum Gasteiger partial charge on any atom is 0.251 e. The van der Waals surface area contributed by atoms with Crippen LogP contribution >= 0.6 is 0 Å². The van der Waals surface area contributed by atoms with Crippen LogP contribution in [0.5, 0.6) is 0 Å².